The van der Waals surface area contributed by atoms with Crippen molar-refractivity contribution >= 4 is 17.2 Å². The minimum absolute atomic E-state index is 0.0866. The summed E-state index contributed by atoms with van der Waals surface area (Å²) in [6, 6.07) is 5.81. The Labute approximate surface area is 158 Å². The molecule has 1 aromatic heterocycles. The number of aromatic nitrogens is 2. The van der Waals surface area contributed by atoms with Crippen molar-refractivity contribution in [2.75, 3.05) is 5.32 Å². The fourth-order valence-electron chi connectivity index (χ4n) is 3.49. The number of allylic oxidation sites excluding steroid dienone is 2. The van der Waals surface area contributed by atoms with E-state index in [4.69, 9.17) is 0 Å². The predicted molar refractivity (Wildman–Crippen MR) is 103 cm³/mol. The smallest absolute Gasteiger partial charge is 0.282 e. The number of rotatable bonds is 5. The van der Waals surface area contributed by atoms with Gasteiger partial charge in [-0.1, -0.05) is 32.1 Å². The van der Waals surface area contributed by atoms with Crippen LogP contribution < -0.4 is 5.32 Å². The van der Waals surface area contributed by atoms with Gasteiger partial charge in [0.15, 0.2) is 0 Å². The van der Waals surface area contributed by atoms with Crippen LogP contribution in [0.5, 0.6) is 0 Å². The molecule has 27 heavy (non-hydrogen) atoms. The van der Waals surface area contributed by atoms with Gasteiger partial charge in [-0.25, -0.2) is 8.78 Å². The van der Waals surface area contributed by atoms with Gasteiger partial charge in [-0.2, -0.15) is 5.10 Å². The molecule has 1 aromatic carbocycles. The third kappa shape index (κ3) is 4.26. The van der Waals surface area contributed by atoms with Crippen molar-refractivity contribution in [3.8, 4) is 0 Å². The van der Waals surface area contributed by atoms with Crippen molar-refractivity contribution in [1.82, 2.24) is 9.78 Å². The van der Waals surface area contributed by atoms with Gasteiger partial charge >= 0.3 is 0 Å². The summed E-state index contributed by atoms with van der Waals surface area (Å²) >= 11 is 0. The fraction of sp³-hybridized carbons (Fsp3) is 0.429. The van der Waals surface area contributed by atoms with Gasteiger partial charge in [0, 0.05) is 18.9 Å². The number of benzene rings is 1. The van der Waals surface area contributed by atoms with E-state index in [9.17, 15) is 13.6 Å². The molecule has 0 unspecified atom stereocenters. The molecule has 1 heterocycles. The van der Waals surface area contributed by atoms with Crippen LogP contribution in [0.15, 0.2) is 30.5 Å². The van der Waals surface area contributed by atoms with E-state index in [1.807, 2.05) is 12.1 Å². The summed E-state index contributed by atoms with van der Waals surface area (Å²) < 4.78 is 27.5. The number of hydrogen-bond donors (Lipinski definition) is 1. The molecule has 6 heteroatoms. The van der Waals surface area contributed by atoms with Crippen LogP contribution in [0.3, 0.4) is 0 Å². The second kappa shape index (κ2) is 8.03. The lowest BCUT2D eigenvalue weighted by molar-refractivity contribution is 0.101. The molecule has 0 bridgehead atoms. The van der Waals surface area contributed by atoms with Gasteiger partial charge < -0.3 is 5.32 Å². The molecule has 144 valence electrons. The van der Waals surface area contributed by atoms with Crippen molar-refractivity contribution in [1.29, 1.82) is 0 Å². The van der Waals surface area contributed by atoms with Gasteiger partial charge in [0.2, 0.25) is 0 Å². The Morgan fingerprint density at radius 1 is 1.33 bits per heavy atom. The van der Waals surface area contributed by atoms with Crippen molar-refractivity contribution < 1.29 is 13.6 Å². The molecule has 0 spiro atoms. The molecule has 0 saturated heterocycles. The highest BCUT2D eigenvalue weighted by atomic mass is 19.3. The number of nitrogens with one attached hydrogen (secondary N) is 1. The van der Waals surface area contributed by atoms with Gasteiger partial charge in [0.05, 0.1) is 5.56 Å². The van der Waals surface area contributed by atoms with E-state index in [1.165, 1.54) is 23.5 Å². The van der Waals surface area contributed by atoms with Crippen LogP contribution in [0.1, 0.15) is 66.7 Å². The van der Waals surface area contributed by atoms with E-state index in [1.54, 1.807) is 0 Å². The van der Waals surface area contributed by atoms with Crippen LogP contribution in [0, 0.1) is 5.92 Å². The number of alkyl halides is 2. The number of carbonyl (C=O) groups is 1. The summed E-state index contributed by atoms with van der Waals surface area (Å²) in [7, 11) is 1.53. The van der Waals surface area contributed by atoms with Crippen LogP contribution in [0.2, 0.25) is 0 Å². The van der Waals surface area contributed by atoms with E-state index in [0.29, 0.717) is 11.6 Å². The number of anilines is 1. The van der Waals surface area contributed by atoms with Gasteiger partial charge in [0.1, 0.15) is 5.69 Å². The van der Waals surface area contributed by atoms with Crippen LogP contribution >= 0.6 is 0 Å². The number of fused-ring (bicyclic) bond motifs is 1. The van der Waals surface area contributed by atoms with Crippen molar-refractivity contribution in [2.24, 2.45) is 13.0 Å². The van der Waals surface area contributed by atoms with E-state index in [2.05, 4.69) is 36.4 Å². The van der Waals surface area contributed by atoms with Gasteiger partial charge in [-0.3, -0.25) is 9.48 Å². The maximum Gasteiger partial charge on any atom is 0.282 e. The number of hydrogen-bond acceptors (Lipinski definition) is 2. The molecule has 0 radical (unpaired) electrons. The van der Waals surface area contributed by atoms with Crippen LogP contribution in [-0.2, 0) is 13.5 Å². The highest BCUT2D eigenvalue weighted by molar-refractivity contribution is 6.05. The van der Waals surface area contributed by atoms with Gasteiger partial charge in [-0.05, 0) is 54.4 Å². The molecular formula is C21H25F2N3O. The van der Waals surface area contributed by atoms with E-state index in [-0.39, 0.29) is 5.56 Å². The summed E-state index contributed by atoms with van der Waals surface area (Å²) in [6.07, 6.45) is 4.74. The van der Waals surface area contributed by atoms with Gasteiger partial charge in [-0.15, -0.1) is 0 Å². The van der Waals surface area contributed by atoms with Gasteiger partial charge in [0.25, 0.3) is 12.3 Å². The molecular weight excluding hydrogens is 348 g/mol. The lowest BCUT2D eigenvalue weighted by Crippen LogP contribution is -2.16. The first-order valence-electron chi connectivity index (χ1n) is 9.31. The first kappa shape index (κ1) is 19.3. The number of carbonyl (C=O) groups excluding carboxylic acids is 1. The Morgan fingerprint density at radius 3 is 2.81 bits per heavy atom. The highest BCUT2D eigenvalue weighted by Crippen LogP contribution is 2.36. The topological polar surface area (TPSA) is 46.9 Å². The molecule has 0 saturated carbocycles. The van der Waals surface area contributed by atoms with Crippen molar-refractivity contribution in [2.45, 2.75) is 46.0 Å². The minimum Gasteiger partial charge on any atom is -0.322 e. The number of amides is 1. The highest BCUT2D eigenvalue weighted by Gasteiger charge is 2.24. The monoisotopic (exact) mass is 373 g/mol. The summed E-state index contributed by atoms with van der Waals surface area (Å²) in [5.74, 6) is 0.0363. The fourth-order valence-corrected chi connectivity index (χ4v) is 3.49. The lowest BCUT2D eigenvalue weighted by Gasteiger charge is -2.22. The second-order valence-corrected chi connectivity index (χ2v) is 7.40. The standard InChI is InChI=1S/C21H25F2N3O/c1-13(2)10-11-14-6-4-8-16-15(14)7-5-9-18(16)24-21(27)17-12-26(3)25-19(17)20(22)23/h5,7,9,11-13,20H,4,6,8,10H2,1-3H3,(H,24,27)/b14-11+. The molecule has 3 rings (SSSR count). The van der Waals surface area contributed by atoms with Crippen molar-refractivity contribution in [3.05, 3.63) is 52.9 Å². The third-order valence-electron chi connectivity index (χ3n) is 4.79. The molecule has 1 aliphatic rings. The number of aryl methyl sites for hydroxylation is 1. The summed E-state index contributed by atoms with van der Waals surface area (Å²) in [5, 5.41) is 6.54. The molecule has 1 aliphatic carbocycles. The zero-order valence-corrected chi connectivity index (χ0v) is 15.9. The Hall–Kier alpha value is -2.50. The average Bonchev–Trinajstić information content (AvgIpc) is 3.02. The molecule has 0 aliphatic heterocycles. The van der Waals surface area contributed by atoms with Crippen LogP contribution in [-0.4, -0.2) is 15.7 Å². The summed E-state index contributed by atoms with van der Waals surface area (Å²) in [4.78, 5) is 12.6. The van der Waals surface area contributed by atoms with E-state index >= 15 is 0 Å². The predicted octanol–water partition coefficient (Wildman–Crippen LogP) is 5.38. The van der Waals surface area contributed by atoms with Crippen LogP contribution in [0.4, 0.5) is 14.5 Å². The maximum atomic E-state index is 13.2. The Balaban J connectivity index is 1.90. The largest absolute Gasteiger partial charge is 0.322 e. The Kier molecular flexibility index (Phi) is 5.73. The van der Waals surface area contributed by atoms with Crippen LogP contribution in [0.25, 0.3) is 5.57 Å². The van der Waals surface area contributed by atoms with Crippen molar-refractivity contribution in [3.63, 3.8) is 0 Å². The molecule has 2 aromatic rings. The van der Waals surface area contributed by atoms with E-state index < -0.39 is 18.0 Å². The number of halogens is 2. The van der Waals surface area contributed by atoms with E-state index in [0.717, 1.165) is 36.8 Å². The Morgan fingerprint density at radius 2 is 2.11 bits per heavy atom. The zero-order chi connectivity index (χ0) is 19.6. The maximum absolute atomic E-state index is 13.2. The quantitative estimate of drug-likeness (QED) is 0.765. The molecule has 1 N–H and O–H groups in total. The Bertz CT molecular complexity index is 868. The SMILES string of the molecule is CC(C)C/C=C1\CCCc2c(NC(=O)c3cn(C)nc3C(F)F)cccc21. The molecule has 0 atom stereocenters. The molecule has 4 nitrogen and oxygen atoms in total. The summed E-state index contributed by atoms with van der Waals surface area (Å²) in [6.45, 7) is 4.37. The number of nitrogens with zero attached hydrogens (tertiary/aromatic N) is 2. The molecule has 0 fully saturated rings. The normalized spacial score (nSPS) is 15.4. The average molecular weight is 373 g/mol. The lowest BCUT2D eigenvalue weighted by atomic mass is 9.85. The summed E-state index contributed by atoms with van der Waals surface area (Å²) in [5.41, 5.74) is 3.65. The third-order valence-corrected chi connectivity index (χ3v) is 4.79. The second-order valence-electron chi connectivity index (χ2n) is 7.40. The zero-order valence-electron chi connectivity index (χ0n) is 15.9. The first-order chi connectivity index (χ1) is 12.9. The molecule has 1 amide bonds. The minimum atomic E-state index is -2.79. The first-order valence-corrected chi connectivity index (χ1v) is 9.31.